The van der Waals surface area contributed by atoms with E-state index in [2.05, 4.69) is 55.8 Å². The molecule has 0 saturated heterocycles. The molecule has 0 N–H and O–H groups in total. The molecule has 0 fully saturated rings. The molecule has 90 valence electrons. The van der Waals surface area contributed by atoms with E-state index in [-0.39, 0.29) is 4.83 Å². The van der Waals surface area contributed by atoms with E-state index in [4.69, 9.17) is 11.6 Å². The Morgan fingerprint density at radius 3 is 2.94 bits per heavy atom. The third kappa shape index (κ3) is 3.00. The average Bonchev–Trinajstić information content (AvgIpc) is 2.77. The molecule has 0 amide bonds. The predicted molar refractivity (Wildman–Crippen MR) is 81.0 cm³/mol. The van der Waals surface area contributed by atoms with E-state index in [0.29, 0.717) is 5.02 Å². The van der Waals surface area contributed by atoms with Crippen molar-refractivity contribution in [1.82, 2.24) is 15.0 Å². The second-order valence-corrected chi connectivity index (χ2v) is 6.32. The van der Waals surface area contributed by atoms with Crippen LogP contribution in [0.1, 0.15) is 23.9 Å². The Labute approximate surface area is 127 Å². The molecule has 1 unspecified atom stereocenters. The van der Waals surface area contributed by atoms with Crippen molar-refractivity contribution in [2.75, 3.05) is 0 Å². The normalized spacial score (nSPS) is 12.7. The van der Waals surface area contributed by atoms with Crippen LogP contribution in [-0.2, 0) is 0 Å². The maximum absolute atomic E-state index is 6.18. The lowest BCUT2D eigenvalue weighted by molar-refractivity contribution is 0.790. The molecule has 0 aliphatic rings. The summed E-state index contributed by atoms with van der Waals surface area (Å²) in [5.41, 5.74) is 1.77. The summed E-state index contributed by atoms with van der Waals surface area (Å²) in [5, 5.41) is 8.90. The zero-order valence-corrected chi connectivity index (χ0v) is 13.6. The fourth-order valence-electron chi connectivity index (χ4n) is 1.41. The summed E-state index contributed by atoms with van der Waals surface area (Å²) in [6, 6.07) is 5.84. The molecule has 17 heavy (non-hydrogen) atoms. The maximum Gasteiger partial charge on any atom is 0.0967 e. The van der Waals surface area contributed by atoms with Gasteiger partial charge in [-0.3, -0.25) is 0 Å². The topological polar surface area (TPSA) is 30.7 Å². The fraction of sp³-hybridized carbons (Fsp3) is 0.273. The van der Waals surface area contributed by atoms with Crippen LogP contribution in [0.25, 0.3) is 5.69 Å². The first kappa shape index (κ1) is 13.3. The highest BCUT2D eigenvalue weighted by Crippen LogP contribution is 2.26. The average molecular weight is 426 g/mol. The maximum atomic E-state index is 6.18. The standard InChI is InChI=1S/C11H10BrClIN3/c1-2-8(12)10-6-17(16-15-10)11-4-3-7(14)5-9(11)13/h3-6,8H,2H2,1H3. The summed E-state index contributed by atoms with van der Waals surface area (Å²) in [4.78, 5) is 0.235. The predicted octanol–water partition coefficient (Wildman–Crippen LogP) is 4.37. The van der Waals surface area contributed by atoms with Gasteiger partial charge in [0.2, 0.25) is 0 Å². The molecule has 6 heteroatoms. The first-order valence-corrected chi connectivity index (χ1v) is 7.50. The van der Waals surface area contributed by atoms with E-state index in [0.717, 1.165) is 21.4 Å². The molecule has 1 aromatic carbocycles. The Morgan fingerprint density at radius 2 is 2.29 bits per heavy atom. The quantitative estimate of drug-likeness (QED) is 0.539. The minimum atomic E-state index is 0.235. The Kier molecular flexibility index (Phi) is 4.43. The van der Waals surface area contributed by atoms with Gasteiger partial charge in [0.05, 0.1) is 27.4 Å². The van der Waals surface area contributed by atoms with Crippen molar-refractivity contribution in [3.63, 3.8) is 0 Å². The smallest absolute Gasteiger partial charge is 0.0967 e. The Bertz CT molecular complexity index is 529. The van der Waals surface area contributed by atoms with Gasteiger partial charge in [-0.05, 0) is 47.2 Å². The number of hydrogen-bond donors (Lipinski definition) is 0. The number of rotatable bonds is 3. The molecule has 2 rings (SSSR count). The molecule has 2 aromatic rings. The third-order valence-electron chi connectivity index (χ3n) is 2.35. The van der Waals surface area contributed by atoms with Crippen LogP contribution in [0.4, 0.5) is 0 Å². The molecule has 0 bridgehead atoms. The summed E-state index contributed by atoms with van der Waals surface area (Å²) in [6.07, 6.45) is 2.87. The molecule has 0 aliphatic heterocycles. The molecule has 0 saturated carbocycles. The highest BCUT2D eigenvalue weighted by Gasteiger charge is 2.11. The number of halogens is 3. The lowest BCUT2D eigenvalue weighted by Crippen LogP contribution is -1.96. The van der Waals surface area contributed by atoms with Gasteiger partial charge in [-0.2, -0.15) is 0 Å². The van der Waals surface area contributed by atoms with Crippen molar-refractivity contribution in [2.45, 2.75) is 18.2 Å². The number of alkyl halides is 1. The van der Waals surface area contributed by atoms with E-state index in [1.807, 2.05) is 24.4 Å². The third-order valence-corrected chi connectivity index (χ3v) is 4.44. The number of nitrogens with zero attached hydrogens (tertiary/aromatic N) is 3. The van der Waals surface area contributed by atoms with Gasteiger partial charge in [0.15, 0.2) is 0 Å². The highest BCUT2D eigenvalue weighted by atomic mass is 127. The van der Waals surface area contributed by atoms with Crippen LogP contribution < -0.4 is 0 Å². The molecule has 1 aromatic heterocycles. The van der Waals surface area contributed by atoms with Crippen LogP contribution in [0.2, 0.25) is 5.02 Å². The molecule has 0 radical (unpaired) electrons. The van der Waals surface area contributed by atoms with Crippen molar-refractivity contribution in [3.8, 4) is 5.69 Å². The zero-order valence-electron chi connectivity index (χ0n) is 9.07. The molecular formula is C11H10BrClIN3. The van der Waals surface area contributed by atoms with Gasteiger partial charge in [-0.1, -0.05) is 39.7 Å². The summed E-state index contributed by atoms with van der Waals surface area (Å²) < 4.78 is 2.81. The van der Waals surface area contributed by atoms with Crippen molar-refractivity contribution in [3.05, 3.63) is 38.7 Å². The second kappa shape index (κ2) is 5.67. The van der Waals surface area contributed by atoms with Gasteiger partial charge in [-0.15, -0.1) is 5.10 Å². The van der Waals surface area contributed by atoms with Crippen molar-refractivity contribution in [1.29, 1.82) is 0 Å². The van der Waals surface area contributed by atoms with Crippen LogP contribution in [0.15, 0.2) is 24.4 Å². The van der Waals surface area contributed by atoms with Gasteiger partial charge in [-0.25, -0.2) is 4.68 Å². The van der Waals surface area contributed by atoms with E-state index < -0.39 is 0 Å². The molecule has 0 aliphatic carbocycles. The summed E-state index contributed by atoms with van der Waals surface area (Å²) in [5.74, 6) is 0. The molecule has 1 atom stereocenters. The van der Waals surface area contributed by atoms with Crippen molar-refractivity contribution < 1.29 is 0 Å². The first-order chi connectivity index (χ1) is 8.11. The van der Waals surface area contributed by atoms with Gasteiger partial charge in [0.25, 0.3) is 0 Å². The lowest BCUT2D eigenvalue weighted by Gasteiger charge is -2.03. The van der Waals surface area contributed by atoms with Crippen LogP contribution in [0.5, 0.6) is 0 Å². The Hall–Kier alpha value is -0.140. The van der Waals surface area contributed by atoms with Crippen LogP contribution in [0, 0.1) is 3.57 Å². The van der Waals surface area contributed by atoms with Crippen LogP contribution >= 0.6 is 50.1 Å². The summed E-state index contributed by atoms with van der Waals surface area (Å²) in [6.45, 7) is 2.09. The van der Waals surface area contributed by atoms with Gasteiger partial charge in [0, 0.05) is 3.57 Å². The summed E-state index contributed by atoms with van der Waals surface area (Å²) in [7, 11) is 0. The van der Waals surface area contributed by atoms with Gasteiger partial charge in [0.1, 0.15) is 0 Å². The van der Waals surface area contributed by atoms with Crippen molar-refractivity contribution >= 4 is 50.1 Å². The highest BCUT2D eigenvalue weighted by molar-refractivity contribution is 14.1. The van der Waals surface area contributed by atoms with Crippen molar-refractivity contribution in [2.24, 2.45) is 0 Å². The lowest BCUT2D eigenvalue weighted by atomic mass is 10.3. The first-order valence-electron chi connectivity index (χ1n) is 5.13. The fourth-order valence-corrected chi connectivity index (χ4v) is 2.57. The van der Waals surface area contributed by atoms with Gasteiger partial charge < -0.3 is 0 Å². The van der Waals surface area contributed by atoms with E-state index in [9.17, 15) is 0 Å². The number of benzene rings is 1. The monoisotopic (exact) mass is 425 g/mol. The molecule has 1 heterocycles. The van der Waals surface area contributed by atoms with E-state index in [1.54, 1.807) is 4.68 Å². The largest absolute Gasteiger partial charge is 0.219 e. The minimum Gasteiger partial charge on any atom is -0.219 e. The second-order valence-electron chi connectivity index (χ2n) is 3.56. The molecule has 0 spiro atoms. The summed E-state index contributed by atoms with van der Waals surface area (Å²) >= 11 is 12.0. The van der Waals surface area contributed by atoms with Crippen LogP contribution in [-0.4, -0.2) is 15.0 Å². The van der Waals surface area contributed by atoms with Crippen LogP contribution in [0.3, 0.4) is 0 Å². The van der Waals surface area contributed by atoms with Gasteiger partial charge >= 0.3 is 0 Å². The van der Waals surface area contributed by atoms with E-state index in [1.165, 1.54) is 0 Å². The Morgan fingerprint density at radius 1 is 1.53 bits per heavy atom. The Balaban J connectivity index is 2.37. The SMILES string of the molecule is CCC(Br)c1cn(-c2ccc(I)cc2Cl)nn1. The van der Waals surface area contributed by atoms with E-state index >= 15 is 0 Å². The number of hydrogen-bond acceptors (Lipinski definition) is 2. The molecular weight excluding hydrogens is 416 g/mol. The zero-order chi connectivity index (χ0) is 12.4. The molecule has 3 nitrogen and oxygen atoms in total. The number of aromatic nitrogens is 3. The minimum absolute atomic E-state index is 0.235.